The van der Waals surface area contributed by atoms with Crippen LogP contribution >= 0.6 is 0 Å². The van der Waals surface area contributed by atoms with Crippen molar-refractivity contribution in [2.75, 3.05) is 0 Å². The molecule has 0 spiro atoms. The third-order valence-corrected chi connectivity index (χ3v) is 4.61. The molecule has 138 valence electrons. The zero-order valence-corrected chi connectivity index (χ0v) is 16.3. The Morgan fingerprint density at radius 1 is 0.783 bits per heavy atom. The number of aliphatic carboxylic acids is 1. The molecule has 0 bridgehead atoms. The van der Waals surface area contributed by atoms with Gasteiger partial charge in [0.05, 0.1) is 5.92 Å². The van der Waals surface area contributed by atoms with E-state index in [9.17, 15) is 9.90 Å². The van der Waals surface area contributed by atoms with E-state index < -0.39 is 5.97 Å². The predicted octanol–water partition coefficient (Wildman–Crippen LogP) is 7.21. The maximum absolute atomic E-state index is 11.3. The van der Waals surface area contributed by atoms with E-state index in [1.165, 1.54) is 70.6 Å². The Morgan fingerprint density at radius 2 is 1.17 bits per heavy atom. The number of hydrogen-bond acceptors (Lipinski definition) is 1. The van der Waals surface area contributed by atoms with Gasteiger partial charge in [-0.2, -0.15) is 0 Å². The SMILES string of the molecule is CCCCCCCCCCCCCCC(CC(C)(C)C)C(=O)O. The summed E-state index contributed by atoms with van der Waals surface area (Å²) < 4.78 is 0. The van der Waals surface area contributed by atoms with Gasteiger partial charge in [0.2, 0.25) is 0 Å². The Kier molecular flexibility index (Phi) is 13.5. The van der Waals surface area contributed by atoms with Crippen LogP contribution in [0.2, 0.25) is 0 Å². The maximum atomic E-state index is 11.3. The number of unbranched alkanes of at least 4 members (excludes halogenated alkanes) is 11. The summed E-state index contributed by atoms with van der Waals surface area (Å²) in [5.74, 6) is -0.763. The van der Waals surface area contributed by atoms with Crippen molar-refractivity contribution in [3.05, 3.63) is 0 Å². The van der Waals surface area contributed by atoms with Crippen LogP contribution in [-0.4, -0.2) is 11.1 Å². The minimum atomic E-state index is -0.608. The smallest absolute Gasteiger partial charge is 0.306 e. The lowest BCUT2D eigenvalue weighted by Crippen LogP contribution is -2.20. The van der Waals surface area contributed by atoms with Gasteiger partial charge in [-0.3, -0.25) is 4.79 Å². The lowest BCUT2D eigenvalue weighted by molar-refractivity contribution is -0.143. The van der Waals surface area contributed by atoms with E-state index in [4.69, 9.17) is 0 Å². The van der Waals surface area contributed by atoms with E-state index >= 15 is 0 Å². The Bertz CT molecular complexity index is 278. The minimum absolute atomic E-state index is 0.111. The van der Waals surface area contributed by atoms with Gasteiger partial charge in [-0.25, -0.2) is 0 Å². The van der Waals surface area contributed by atoms with E-state index in [1.54, 1.807) is 0 Å². The third kappa shape index (κ3) is 16.1. The lowest BCUT2D eigenvalue weighted by atomic mass is 9.82. The van der Waals surface area contributed by atoms with Crippen molar-refractivity contribution in [1.82, 2.24) is 0 Å². The van der Waals surface area contributed by atoms with Gasteiger partial charge in [0.25, 0.3) is 0 Å². The van der Waals surface area contributed by atoms with Crippen molar-refractivity contribution in [1.29, 1.82) is 0 Å². The van der Waals surface area contributed by atoms with E-state index in [0.717, 1.165) is 19.3 Å². The van der Waals surface area contributed by atoms with E-state index in [1.807, 2.05) is 0 Å². The fraction of sp³-hybridized carbons (Fsp3) is 0.952. The number of carboxylic acid groups (broad SMARTS) is 1. The monoisotopic (exact) mass is 326 g/mol. The first-order valence-corrected chi connectivity index (χ1v) is 10.1. The van der Waals surface area contributed by atoms with Crippen molar-refractivity contribution in [3.8, 4) is 0 Å². The third-order valence-electron chi connectivity index (χ3n) is 4.61. The Balaban J connectivity index is 3.45. The summed E-state index contributed by atoms with van der Waals surface area (Å²) in [7, 11) is 0. The molecular weight excluding hydrogens is 284 g/mol. The van der Waals surface area contributed by atoms with Crippen LogP contribution in [-0.2, 0) is 4.79 Å². The summed E-state index contributed by atoms with van der Waals surface area (Å²) in [5, 5.41) is 9.31. The van der Waals surface area contributed by atoms with Crippen molar-refractivity contribution in [2.24, 2.45) is 11.3 Å². The summed E-state index contributed by atoms with van der Waals surface area (Å²) >= 11 is 0. The molecule has 23 heavy (non-hydrogen) atoms. The van der Waals surface area contributed by atoms with Gasteiger partial charge in [0, 0.05) is 0 Å². The largest absolute Gasteiger partial charge is 0.481 e. The molecule has 0 aromatic heterocycles. The van der Waals surface area contributed by atoms with Gasteiger partial charge in [-0.05, 0) is 18.3 Å². The molecule has 0 aliphatic rings. The molecule has 1 N–H and O–H groups in total. The first-order chi connectivity index (χ1) is 10.9. The molecule has 2 heteroatoms. The quantitative estimate of drug-likeness (QED) is 0.323. The molecule has 1 unspecified atom stereocenters. The van der Waals surface area contributed by atoms with Crippen LogP contribution < -0.4 is 0 Å². The molecular formula is C21H42O2. The zero-order valence-electron chi connectivity index (χ0n) is 16.3. The van der Waals surface area contributed by atoms with Crippen molar-refractivity contribution >= 4 is 5.97 Å². The van der Waals surface area contributed by atoms with Crippen molar-refractivity contribution in [3.63, 3.8) is 0 Å². The van der Waals surface area contributed by atoms with E-state index in [-0.39, 0.29) is 11.3 Å². The highest BCUT2D eigenvalue weighted by Crippen LogP contribution is 2.28. The Hall–Kier alpha value is -0.530. The van der Waals surface area contributed by atoms with Crippen molar-refractivity contribution in [2.45, 2.75) is 118 Å². The van der Waals surface area contributed by atoms with Gasteiger partial charge < -0.3 is 5.11 Å². The topological polar surface area (TPSA) is 37.3 Å². The van der Waals surface area contributed by atoms with Crippen molar-refractivity contribution < 1.29 is 9.90 Å². The molecule has 0 saturated heterocycles. The van der Waals surface area contributed by atoms with Crippen LogP contribution in [0.4, 0.5) is 0 Å². The number of carboxylic acids is 1. The second-order valence-corrected chi connectivity index (χ2v) is 8.48. The van der Waals surface area contributed by atoms with Crippen LogP contribution in [0.1, 0.15) is 118 Å². The second-order valence-electron chi connectivity index (χ2n) is 8.48. The fourth-order valence-corrected chi connectivity index (χ4v) is 3.28. The zero-order chi connectivity index (χ0) is 17.6. The highest BCUT2D eigenvalue weighted by atomic mass is 16.4. The van der Waals surface area contributed by atoms with Crippen LogP contribution in [0.3, 0.4) is 0 Å². The van der Waals surface area contributed by atoms with Gasteiger partial charge in [0.15, 0.2) is 0 Å². The summed E-state index contributed by atoms with van der Waals surface area (Å²) in [6.07, 6.45) is 17.6. The van der Waals surface area contributed by atoms with Crippen LogP contribution in [0, 0.1) is 11.3 Å². The molecule has 0 aliphatic heterocycles. The normalized spacial score (nSPS) is 13.2. The Morgan fingerprint density at radius 3 is 1.52 bits per heavy atom. The Labute approximate surface area is 145 Å². The van der Waals surface area contributed by atoms with Crippen LogP contribution in [0.25, 0.3) is 0 Å². The molecule has 0 heterocycles. The second kappa shape index (κ2) is 13.9. The molecule has 0 aromatic carbocycles. The standard InChI is InChI=1S/C21H42O2/c1-5-6-7-8-9-10-11-12-13-14-15-16-17-19(20(22)23)18-21(2,3)4/h19H,5-18H2,1-4H3,(H,22,23). The molecule has 0 aliphatic carbocycles. The molecule has 0 rings (SSSR count). The van der Waals surface area contributed by atoms with E-state index in [2.05, 4.69) is 27.7 Å². The minimum Gasteiger partial charge on any atom is -0.481 e. The first-order valence-electron chi connectivity index (χ1n) is 10.1. The number of hydrogen-bond donors (Lipinski definition) is 1. The molecule has 2 nitrogen and oxygen atoms in total. The molecule has 0 saturated carbocycles. The highest BCUT2D eigenvalue weighted by molar-refractivity contribution is 5.69. The van der Waals surface area contributed by atoms with Gasteiger partial charge in [-0.15, -0.1) is 0 Å². The molecule has 0 amide bonds. The summed E-state index contributed by atoms with van der Waals surface area (Å²) in [6.45, 7) is 8.66. The summed E-state index contributed by atoms with van der Waals surface area (Å²) in [4.78, 5) is 11.3. The average Bonchev–Trinajstić information content (AvgIpc) is 2.45. The molecule has 0 aromatic rings. The molecule has 0 fully saturated rings. The molecule has 1 atom stereocenters. The van der Waals surface area contributed by atoms with Gasteiger partial charge in [-0.1, -0.05) is 105 Å². The first kappa shape index (κ1) is 22.5. The summed E-state index contributed by atoms with van der Waals surface area (Å²) in [6, 6.07) is 0. The van der Waals surface area contributed by atoms with E-state index in [0.29, 0.717) is 0 Å². The molecule has 0 radical (unpaired) electrons. The summed E-state index contributed by atoms with van der Waals surface area (Å²) in [5.41, 5.74) is 0.111. The number of carbonyl (C=O) groups is 1. The highest BCUT2D eigenvalue weighted by Gasteiger charge is 2.23. The number of rotatable bonds is 15. The van der Waals surface area contributed by atoms with Crippen LogP contribution in [0.5, 0.6) is 0 Å². The predicted molar refractivity (Wildman–Crippen MR) is 101 cm³/mol. The van der Waals surface area contributed by atoms with Gasteiger partial charge >= 0.3 is 5.97 Å². The maximum Gasteiger partial charge on any atom is 0.306 e. The van der Waals surface area contributed by atoms with Gasteiger partial charge in [0.1, 0.15) is 0 Å². The van der Waals surface area contributed by atoms with Crippen LogP contribution in [0.15, 0.2) is 0 Å². The lowest BCUT2D eigenvalue weighted by Gasteiger charge is -2.23. The fourth-order valence-electron chi connectivity index (χ4n) is 3.28. The average molecular weight is 327 g/mol.